The van der Waals surface area contributed by atoms with E-state index in [2.05, 4.69) is 9.88 Å². The van der Waals surface area contributed by atoms with Crippen molar-refractivity contribution in [2.75, 3.05) is 7.11 Å². The number of nitrogens with one attached hydrogen (secondary N) is 1. The Hall–Kier alpha value is -2.99. The van der Waals surface area contributed by atoms with E-state index in [0.29, 0.717) is 11.4 Å². The van der Waals surface area contributed by atoms with Crippen molar-refractivity contribution in [3.8, 4) is 5.75 Å². The maximum atomic E-state index is 11.9. The number of ether oxygens (including phenoxy) is 1. The van der Waals surface area contributed by atoms with Crippen molar-refractivity contribution < 1.29 is 14.3 Å². The second-order valence-corrected chi connectivity index (χ2v) is 6.95. The molecule has 26 heavy (non-hydrogen) atoms. The molecule has 1 aliphatic rings. The van der Waals surface area contributed by atoms with Gasteiger partial charge in [-0.25, -0.2) is 0 Å². The highest BCUT2D eigenvalue weighted by Crippen LogP contribution is 2.30. The number of rotatable bonds is 4. The van der Waals surface area contributed by atoms with Crippen LogP contribution in [0.3, 0.4) is 0 Å². The van der Waals surface area contributed by atoms with Crippen LogP contribution in [0.5, 0.6) is 5.75 Å². The first kappa shape index (κ1) is 16.5. The smallest absolute Gasteiger partial charge is 0.290 e. The highest BCUT2D eigenvalue weighted by atomic mass is 32.2. The Balaban J connectivity index is 1.75. The number of thioether (sulfide) groups is 1. The number of amides is 2. The van der Waals surface area contributed by atoms with Gasteiger partial charge in [0.05, 0.1) is 12.0 Å². The van der Waals surface area contributed by atoms with Crippen molar-refractivity contribution in [3.63, 3.8) is 0 Å². The number of para-hydroxylation sites is 1. The van der Waals surface area contributed by atoms with Gasteiger partial charge in [-0.3, -0.25) is 14.9 Å². The number of carbonyl (C=O) groups is 2. The van der Waals surface area contributed by atoms with E-state index in [4.69, 9.17) is 4.74 Å². The second kappa shape index (κ2) is 6.72. The molecule has 3 aromatic rings. The summed E-state index contributed by atoms with van der Waals surface area (Å²) in [6.45, 7) is 0.680. The lowest BCUT2D eigenvalue weighted by molar-refractivity contribution is -0.115. The van der Waals surface area contributed by atoms with Crippen molar-refractivity contribution in [1.29, 1.82) is 0 Å². The number of nitrogens with zero attached hydrogens (tertiary/aromatic N) is 1. The molecule has 130 valence electrons. The summed E-state index contributed by atoms with van der Waals surface area (Å²) >= 11 is 0.931. The molecular weight excluding hydrogens is 348 g/mol. The van der Waals surface area contributed by atoms with Gasteiger partial charge in [0.1, 0.15) is 5.75 Å². The van der Waals surface area contributed by atoms with Gasteiger partial charge < -0.3 is 9.30 Å². The third-order valence-electron chi connectivity index (χ3n) is 4.24. The fourth-order valence-electron chi connectivity index (χ4n) is 3.05. The first-order valence-corrected chi connectivity index (χ1v) is 8.91. The molecule has 1 saturated heterocycles. The summed E-state index contributed by atoms with van der Waals surface area (Å²) in [4.78, 5) is 23.7. The summed E-state index contributed by atoms with van der Waals surface area (Å²) in [5.74, 6) is 0.475. The zero-order valence-electron chi connectivity index (χ0n) is 14.1. The summed E-state index contributed by atoms with van der Waals surface area (Å²) in [6.07, 6.45) is 3.78. The van der Waals surface area contributed by atoms with Crippen molar-refractivity contribution in [2.24, 2.45) is 0 Å². The minimum absolute atomic E-state index is 0.332. The second-order valence-electron chi connectivity index (χ2n) is 5.93. The molecule has 4 rings (SSSR count). The van der Waals surface area contributed by atoms with Crippen LogP contribution >= 0.6 is 11.8 Å². The minimum atomic E-state index is -0.343. The maximum Gasteiger partial charge on any atom is 0.290 e. The number of fused-ring (bicyclic) bond motifs is 1. The van der Waals surface area contributed by atoms with Crippen LogP contribution in [0.15, 0.2) is 59.6 Å². The van der Waals surface area contributed by atoms with Crippen LogP contribution in [-0.4, -0.2) is 22.8 Å². The van der Waals surface area contributed by atoms with Crippen LogP contribution < -0.4 is 10.1 Å². The molecule has 1 aromatic heterocycles. The lowest BCUT2D eigenvalue weighted by Crippen LogP contribution is -2.17. The first-order chi connectivity index (χ1) is 12.6. The molecule has 1 fully saturated rings. The summed E-state index contributed by atoms with van der Waals surface area (Å²) in [7, 11) is 1.65. The number of hydrogen-bond donors (Lipinski definition) is 1. The van der Waals surface area contributed by atoms with Crippen LogP contribution in [0.4, 0.5) is 4.79 Å². The Morgan fingerprint density at radius 3 is 2.77 bits per heavy atom. The van der Waals surface area contributed by atoms with Gasteiger partial charge in [0.15, 0.2) is 0 Å². The van der Waals surface area contributed by atoms with Crippen molar-refractivity contribution in [3.05, 3.63) is 70.8 Å². The minimum Gasteiger partial charge on any atom is -0.497 e. The SMILES string of the molecule is COc1cccc(Cn2cc(C=C3SC(=O)NC3=O)c3ccccc32)c1. The molecule has 1 aliphatic heterocycles. The predicted molar refractivity (Wildman–Crippen MR) is 103 cm³/mol. The molecule has 0 spiro atoms. The topological polar surface area (TPSA) is 60.3 Å². The van der Waals surface area contributed by atoms with E-state index in [1.165, 1.54) is 0 Å². The summed E-state index contributed by atoms with van der Waals surface area (Å²) in [5, 5.41) is 3.00. The monoisotopic (exact) mass is 364 g/mol. The molecule has 0 aliphatic carbocycles. The van der Waals surface area contributed by atoms with Crippen molar-refractivity contribution in [2.45, 2.75) is 6.54 Å². The summed E-state index contributed by atoms with van der Waals surface area (Å²) in [6, 6.07) is 16.0. The van der Waals surface area contributed by atoms with Gasteiger partial charge in [-0.05, 0) is 41.6 Å². The molecular formula is C20H16N2O3S. The van der Waals surface area contributed by atoms with E-state index in [0.717, 1.165) is 39.5 Å². The van der Waals surface area contributed by atoms with Gasteiger partial charge in [-0.2, -0.15) is 0 Å². The highest BCUT2D eigenvalue weighted by molar-refractivity contribution is 8.18. The Morgan fingerprint density at radius 2 is 2.00 bits per heavy atom. The van der Waals surface area contributed by atoms with Gasteiger partial charge >= 0.3 is 0 Å². The fourth-order valence-corrected chi connectivity index (χ4v) is 3.72. The number of hydrogen-bond acceptors (Lipinski definition) is 4. The average molecular weight is 364 g/mol. The lowest BCUT2D eigenvalue weighted by atomic mass is 10.1. The Kier molecular flexibility index (Phi) is 4.26. The van der Waals surface area contributed by atoms with E-state index in [1.54, 1.807) is 13.2 Å². The van der Waals surface area contributed by atoms with Crippen LogP contribution in [0.25, 0.3) is 17.0 Å². The standard InChI is InChI=1S/C20H16N2O3S/c1-25-15-6-4-5-13(9-15)11-22-12-14(16-7-2-3-8-17(16)22)10-18-19(23)21-20(24)26-18/h2-10,12H,11H2,1H3,(H,21,23,24). The molecule has 1 N–H and O–H groups in total. The van der Waals surface area contributed by atoms with Gasteiger partial charge in [0.2, 0.25) is 0 Å². The van der Waals surface area contributed by atoms with E-state index in [1.807, 2.05) is 54.7 Å². The van der Waals surface area contributed by atoms with Crippen LogP contribution in [0, 0.1) is 0 Å². The number of imide groups is 1. The Bertz CT molecular complexity index is 1050. The van der Waals surface area contributed by atoms with Crippen molar-refractivity contribution >= 4 is 39.9 Å². The van der Waals surface area contributed by atoms with E-state index in [9.17, 15) is 9.59 Å². The highest BCUT2D eigenvalue weighted by Gasteiger charge is 2.25. The Morgan fingerprint density at radius 1 is 1.15 bits per heavy atom. The number of methoxy groups -OCH3 is 1. The first-order valence-electron chi connectivity index (χ1n) is 8.10. The maximum absolute atomic E-state index is 11.9. The molecule has 0 saturated carbocycles. The van der Waals surface area contributed by atoms with Crippen LogP contribution in [0.1, 0.15) is 11.1 Å². The Labute approximate surface area is 154 Å². The average Bonchev–Trinajstić information content (AvgIpc) is 3.15. The van der Waals surface area contributed by atoms with Gasteiger partial charge in [0.25, 0.3) is 11.1 Å². The summed E-state index contributed by atoms with van der Waals surface area (Å²) in [5.41, 5.74) is 3.10. The number of aromatic nitrogens is 1. The van der Waals surface area contributed by atoms with Crippen LogP contribution in [0.2, 0.25) is 0 Å². The van der Waals surface area contributed by atoms with E-state index >= 15 is 0 Å². The third kappa shape index (κ3) is 3.11. The molecule has 0 atom stereocenters. The van der Waals surface area contributed by atoms with Crippen molar-refractivity contribution in [1.82, 2.24) is 9.88 Å². The predicted octanol–water partition coefficient (Wildman–Crippen LogP) is 4.02. The number of benzene rings is 2. The van der Waals surface area contributed by atoms with Gasteiger partial charge in [-0.1, -0.05) is 30.3 Å². The molecule has 2 amide bonds. The molecule has 5 nitrogen and oxygen atoms in total. The summed E-state index contributed by atoms with van der Waals surface area (Å²) < 4.78 is 7.43. The molecule has 0 bridgehead atoms. The van der Waals surface area contributed by atoms with Gasteiger partial charge in [-0.15, -0.1) is 0 Å². The van der Waals surface area contributed by atoms with E-state index < -0.39 is 0 Å². The normalized spacial score (nSPS) is 15.7. The molecule has 2 aromatic carbocycles. The zero-order valence-corrected chi connectivity index (χ0v) is 14.9. The molecule has 0 unspecified atom stereocenters. The molecule has 2 heterocycles. The molecule has 6 heteroatoms. The third-order valence-corrected chi connectivity index (χ3v) is 5.05. The van der Waals surface area contributed by atoms with Crippen LogP contribution in [-0.2, 0) is 11.3 Å². The zero-order chi connectivity index (χ0) is 18.1. The van der Waals surface area contributed by atoms with E-state index in [-0.39, 0.29) is 11.1 Å². The number of carbonyl (C=O) groups excluding carboxylic acids is 2. The van der Waals surface area contributed by atoms with Gasteiger partial charge in [0, 0.05) is 29.2 Å². The fraction of sp³-hybridized carbons (Fsp3) is 0.100. The quantitative estimate of drug-likeness (QED) is 0.710. The largest absolute Gasteiger partial charge is 0.497 e. The lowest BCUT2D eigenvalue weighted by Gasteiger charge is -2.07. The molecule has 0 radical (unpaired) electrons.